The van der Waals surface area contributed by atoms with Crippen molar-refractivity contribution in [2.45, 2.75) is 25.3 Å². The zero-order chi connectivity index (χ0) is 18.3. The minimum Gasteiger partial charge on any atom is -0.479 e. The molecule has 8 nitrogen and oxygen atoms in total. The van der Waals surface area contributed by atoms with E-state index in [0.717, 1.165) is 11.2 Å². The molecule has 1 aliphatic rings. The molecule has 3 aromatic rings. The predicted molar refractivity (Wildman–Crippen MR) is 92.9 cm³/mol. The third-order valence-corrected chi connectivity index (χ3v) is 5.05. The fourth-order valence-electron chi connectivity index (χ4n) is 3.49. The summed E-state index contributed by atoms with van der Waals surface area (Å²) in [5.41, 5.74) is 1.07. The van der Waals surface area contributed by atoms with E-state index in [1.807, 2.05) is 29.7 Å². The van der Waals surface area contributed by atoms with E-state index < -0.39 is 11.5 Å². The quantitative estimate of drug-likeness (QED) is 0.771. The van der Waals surface area contributed by atoms with Crippen molar-refractivity contribution in [2.24, 2.45) is 0 Å². The highest BCUT2D eigenvalue weighted by molar-refractivity contribution is 5.93. The van der Waals surface area contributed by atoms with Gasteiger partial charge in [0.1, 0.15) is 11.3 Å². The lowest BCUT2D eigenvalue weighted by Gasteiger charge is -2.38. The van der Waals surface area contributed by atoms with Crippen molar-refractivity contribution in [3.8, 4) is 0 Å². The maximum absolute atomic E-state index is 12.8. The third kappa shape index (κ3) is 2.54. The summed E-state index contributed by atoms with van der Waals surface area (Å²) in [6, 6.07) is 5.58. The molecular weight excluding hydrogens is 334 g/mol. The Labute approximate surface area is 149 Å². The molecule has 1 N–H and O–H groups in total. The van der Waals surface area contributed by atoms with Gasteiger partial charge in [0.2, 0.25) is 0 Å². The molecule has 8 heteroatoms. The first-order valence-electron chi connectivity index (χ1n) is 8.48. The Morgan fingerprint density at radius 2 is 2.00 bits per heavy atom. The van der Waals surface area contributed by atoms with Gasteiger partial charge in [-0.2, -0.15) is 5.10 Å². The number of carboxylic acid groups (broad SMARTS) is 1. The minimum atomic E-state index is -1.10. The van der Waals surface area contributed by atoms with Crippen LogP contribution in [0.2, 0.25) is 0 Å². The third-order valence-electron chi connectivity index (χ3n) is 5.05. The number of nitrogens with zero attached hydrogens (tertiary/aromatic N) is 5. The van der Waals surface area contributed by atoms with Crippen LogP contribution in [-0.4, -0.2) is 54.1 Å². The minimum absolute atomic E-state index is 0.175. The maximum atomic E-state index is 12.8. The monoisotopic (exact) mass is 353 g/mol. The Balaban J connectivity index is 1.55. The van der Waals surface area contributed by atoms with Gasteiger partial charge < -0.3 is 14.4 Å². The fraction of sp³-hybridized carbons (Fsp3) is 0.333. The highest BCUT2D eigenvalue weighted by atomic mass is 16.4. The van der Waals surface area contributed by atoms with E-state index in [-0.39, 0.29) is 5.91 Å². The Kier molecular flexibility index (Phi) is 3.75. The van der Waals surface area contributed by atoms with Crippen LogP contribution in [0.25, 0.3) is 5.65 Å². The molecule has 3 aromatic heterocycles. The second-order valence-electron chi connectivity index (χ2n) is 6.68. The van der Waals surface area contributed by atoms with Crippen molar-refractivity contribution < 1.29 is 14.7 Å². The molecule has 1 aliphatic heterocycles. The lowest BCUT2D eigenvalue weighted by molar-refractivity contribution is -0.150. The number of aromatic nitrogens is 4. The number of amides is 1. The Morgan fingerprint density at radius 1 is 1.23 bits per heavy atom. The number of fused-ring (bicyclic) bond motifs is 1. The Bertz CT molecular complexity index is 968. The summed E-state index contributed by atoms with van der Waals surface area (Å²) in [7, 11) is 0. The normalized spacial score (nSPS) is 16.7. The second kappa shape index (κ2) is 5.98. The van der Waals surface area contributed by atoms with Gasteiger partial charge in [-0.25, -0.2) is 9.78 Å². The largest absolute Gasteiger partial charge is 0.479 e. The summed E-state index contributed by atoms with van der Waals surface area (Å²) in [4.78, 5) is 30.8. The van der Waals surface area contributed by atoms with Crippen LogP contribution in [0.5, 0.6) is 0 Å². The highest BCUT2D eigenvalue weighted by Crippen LogP contribution is 2.30. The summed E-state index contributed by atoms with van der Waals surface area (Å²) >= 11 is 0. The zero-order valence-corrected chi connectivity index (χ0v) is 14.4. The van der Waals surface area contributed by atoms with Gasteiger partial charge in [-0.05, 0) is 30.7 Å². The summed E-state index contributed by atoms with van der Waals surface area (Å²) in [5.74, 6) is -1.10. The number of carboxylic acids is 1. The van der Waals surface area contributed by atoms with E-state index in [9.17, 15) is 14.7 Å². The van der Waals surface area contributed by atoms with Gasteiger partial charge in [0.15, 0.2) is 5.54 Å². The van der Waals surface area contributed by atoms with E-state index in [1.165, 1.54) is 4.68 Å². The molecule has 1 fully saturated rings. The van der Waals surface area contributed by atoms with Gasteiger partial charge in [0, 0.05) is 50.7 Å². The van der Waals surface area contributed by atoms with Gasteiger partial charge in [-0.15, -0.1) is 0 Å². The first kappa shape index (κ1) is 16.3. The molecule has 0 aromatic carbocycles. The topological polar surface area (TPSA) is 92.7 Å². The number of rotatable bonds is 3. The van der Waals surface area contributed by atoms with E-state index in [0.29, 0.717) is 31.6 Å². The van der Waals surface area contributed by atoms with Crippen LogP contribution in [-0.2, 0) is 10.3 Å². The molecule has 0 saturated carbocycles. The second-order valence-corrected chi connectivity index (χ2v) is 6.68. The molecule has 0 radical (unpaired) electrons. The smallest absolute Gasteiger partial charge is 0.331 e. The number of pyridine rings is 1. The first-order chi connectivity index (χ1) is 12.5. The number of hydrogen-bond acceptors (Lipinski definition) is 4. The van der Waals surface area contributed by atoms with Crippen LogP contribution in [0.15, 0.2) is 43.0 Å². The fourth-order valence-corrected chi connectivity index (χ4v) is 3.49. The molecule has 134 valence electrons. The van der Waals surface area contributed by atoms with Crippen LogP contribution in [0.4, 0.5) is 0 Å². The average molecular weight is 353 g/mol. The lowest BCUT2D eigenvalue weighted by atomic mass is 9.87. The summed E-state index contributed by atoms with van der Waals surface area (Å²) < 4.78 is 3.31. The molecule has 0 spiro atoms. The zero-order valence-electron chi connectivity index (χ0n) is 14.4. The molecular formula is C18H19N5O3. The highest BCUT2D eigenvalue weighted by Gasteiger charge is 2.45. The van der Waals surface area contributed by atoms with Crippen LogP contribution in [0.1, 0.15) is 28.9 Å². The predicted octanol–water partition coefficient (Wildman–Crippen LogP) is 1.56. The summed E-state index contributed by atoms with van der Waals surface area (Å²) in [6.07, 6.45) is 7.43. The van der Waals surface area contributed by atoms with Gasteiger partial charge in [0.25, 0.3) is 5.91 Å². The Hall–Kier alpha value is -3.16. The van der Waals surface area contributed by atoms with Crippen LogP contribution in [0.3, 0.4) is 0 Å². The van der Waals surface area contributed by atoms with Crippen LogP contribution >= 0.6 is 0 Å². The number of carbonyl (C=O) groups excluding carboxylic acids is 1. The van der Waals surface area contributed by atoms with E-state index in [4.69, 9.17) is 0 Å². The number of carbonyl (C=O) groups is 2. The molecule has 4 heterocycles. The number of aryl methyl sites for hydroxylation is 1. The van der Waals surface area contributed by atoms with Crippen molar-refractivity contribution in [3.63, 3.8) is 0 Å². The van der Waals surface area contributed by atoms with Gasteiger partial charge in [-0.1, -0.05) is 0 Å². The van der Waals surface area contributed by atoms with Gasteiger partial charge >= 0.3 is 5.97 Å². The number of likely N-dealkylation sites (tertiary alicyclic amines) is 1. The van der Waals surface area contributed by atoms with Crippen molar-refractivity contribution >= 4 is 17.5 Å². The molecule has 26 heavy (non-hydrogen) atoms. The summed E-state index contributed by atoms with van der Waals surface area (Å²) in [6.45, 7) is 2.66. The average Bonchev–Trinajstić information content (AvgIpc) is 3.30. The molecule has 4 rings (SSSR count). The molecule has 0 unspecified atom stereocenters. The van der Waals surface area contributed by atoms with Gasteiger partial charge in [0.05, 0.1) is 0 Å². The number of imidazole rings is 1. The molecule has 1 amide bonds. The van der Waals surface area contributed by atoms with Crippen LogP contribution in [0, 0.1) is 6.92 Å². The van der Waals surface area contributed by atoms with Crippen LogP contribution < -0.4 is 0 Å². The van der Waals surface area contributed by atoms with Crippen molar-refractivity contribution in [2.75, 3.05) is 13.1 Å². The standard InChI is InChI=1S/C18H19N5O3/c1-13-3-8-22-12-14(20-15(22)11-13)16(24)21-9-4-18(5-10-21,17(25)26)23-7-2-6-19-23/h2-3,6-8,11-12H,4-5,9-10H2,1H3,(H,25,26). The summed E-state index contributed by atoms with van der Waals surface area (Å²) in [5, 5.41) is 13.9. The number of piperidine rings is 1. The van der Waals surface area contributed by atoms with E-state index in [2.05, 4.69) is 10.1 Å². The maximum Gasteiger partial charge on any atom is 0.331 e. The lowest BCUT2D eigenvalue weighted by Crippen LogP contribution is -2.52. The Morgan fingerprint density at radius 3 is 2.65 bits per heavy atom. The van der Waals surface area contributed by atoms with Crippen molar-refractivity contribution in [1.82, 2.24) is 24.1 Å². The van der Waals surface area contributed by atoms with Crippen molar-refractivity contribution in [3.05, 3.63) is 54.2 Å². The van der Waals surface area contributed by atoms with Gasteiger partial charge in [-0.3, -0.25) is 9.48 Å². The molecule has 0 bridgehead atoms. The van der Waals surface area contributed by atoms with Crippen molar-refractivity contribution in [1.29, 1.82) is 0 Å². The number of aliphatic carboxylic acids is 1. The number of hydrogen-bond donors (Lipinski definition) is 1. The SMILES string of the molecule is Cc1ccn2cc(C(=O)N3CCC(C(=O)O)(n4cccn4)CC3)nc2c1. The van der Waals surface area contributed by atoms with E-state index >= 15 is 0 Å². The molecule has 0 atom stereocenters. The van der Waals surface area contributed by atoms with E-state index in [1.54, 1.807) is 29.6 Å². The molecule has 1 saturated heterocycles. The molecule has 0 aliphatic carbocycles. The first-order valence-corrected chi connectivity index (χ1v) is 8.48.